The average molecular weight is 267 g/mol. The Balaban J connectivity index is 1.96. The van der Waals surface area contributed by atoms with Crippen LogP contribution in [0.1, 0.15) is 21.7 Å². The number of aromatic carboxylic acids is 1. The van der Waals surface area contributed by atoms with Crippen molar-refractivity contribution in [2.75, 3.05) is 0 Å². The van der Waals surface area contributed by atoms with Gasteiger partial charge in [0.05, 0.1) is 6.26 Å². The van der Waals surface area contributed by atoms with Crippen molar-refractivity contribution in [2.45, 2.75) is 13.1 Å². The maximum absolute atomic E-state index is 13.3. The molecule has 0 bridgehead atoms. The topological polar surface area (TPSA) is 62.5 Å². The zero-order chi connectivity index (χ0) is 13.8. The third-order valence-electron chi connectivity index (χ3n) is 2.59. The number of benzene rings is 1. The number of carboxylic acid groups (broad SMARTS) is 1. The molecule has 0 saturated carbocycles. The minimum Gasteiger partial charge on any atom is -0.475 e. The Bertz CT molecular complexity index is 595. The highest BCUT2D eigenvalue weighted by molar-refractivity contribution is 5.86. The molecule has 1 aromatic heterocycles. The van der Waals surface area contributed by atoms with Crippen LogP contribution in [0.4, 0.5) is 8.78 Å². The molecule has 0 spiro atoms. The number of furan rings is 1. The lowest BCUT2D eigenvalue weighted by Gasteiger charge is -2.05. The van der Waals surface area contributed by atoms with E-state index in [-0.39, 0.29) is 18.8 Å². The van der Waals surface area contributed by atoms with Crippen LogP contribution in [0.25, 0.3) is 0 Å². The van der Waals surface area contributed by atoms with Crippen LogP contribution in [0.15, 0.2) is 34.9 Å². The molecule has 6 heteroatoms. The fourth-order valence-electron chi connectivity index (χ4n) is 1.66. The fraction of sp³-hybridized carbons (Fsp3) is 0.154. The molecule has 0 aliphatic heterocycles. The normalized spacial score (nSPS) is 10.6. The van der Waals surface area contributed by atoms with E-state index in [0.717, 1.165) is 6.07 Å². The van der Waals surface area contributed by atoms with Crippen LogP contribution in [0, 0.1) is 11.6 Å². The predicted octanol–water partition coefficient (Wildman–Crippen LogP) is 2.55. The molecule has 2 rings (SSSR count). The molecular weight excluding hydrogens is 256 g/mol. The van der Waals surface area contributed by atoms with Crippen molar-refractivity contribution in [2.24, 2.45) is 0 Å². The number of nitrogens with one attached hydrogen (secondary N) is 1. The molecule has 100 valence electrons. The third-order valence-corrected chi connectivity index (χ3v) is 2.59. The van der Waals surface area contributed by atoms with Gasteiger partial charge < -0.3 is 14.8 Å². The molecule has 1 aromatic carbocycles. The van der Waals surface area contributed by atoms with Crippen molar-refractivity contribution in [1.82, 2.24) is 5.32 Å². The van der Waals surface area contributed by atoms with Crippen molar-refractivity contribution in [3.05, 3.63) is 59.1 Å². The fourth-order valence-corrected chi connectivity index (χ4v) is 1.66. The molecule has 0 aliphatic rings. The van der Waals surface area contributed by atoms with Gasteiger partial charge in [0.1, 0.15) is 11.6 Å². The van der Waals surface area contributed by atoms with Gasteiger partial charge in [-0.3, -0.25) is 0 Å². The van der Waals surface area contributed by atoms with Crippen LogP contribution in [0.3, 0.4) is 0 Å². The minimum atomic E-state index is -1.16. The Morgan fingerprint density at radius 1 is 1.21 bits per heavy atom. The molecule has 4 nitrogen and oxygen atoms in total. The van der Waals surface area contributed by atoms with E-state index in [1.54, 1.807) is 0 Å². The molecule has 1 heterocycles. The van der Waals surface area contributed by atoms with Gasteiger partial charge in [-0.05, 0) is 12.1 Å². The van der Waals surface area contributed by atoms with Crippen molar-refractivity contribution >= 4 is 5.97 Å². The van der Waals surface area contributed by atoms with E-state index in [2.05, 4.69) is 5.32 Å². The second-order valence-corrected chi connectivity index (χ2v) is 3.92. The number of rotatable bonds is 5. The molecule has 2 aromatic rings. The zero-order valence-corrected chi connectivity index (χ0v) is 9.82. The number of carbonyl (C=O) groups is 1. The van der Waals surface area contributed by atoms with Gasteiger partial charge >= 0.3 is 5.97 Å². The summed E-state index contributed by atoms with van der Waals surface area (Å²) < 4.78 is 30.8. The summed E-state index contributed by atoms with van der Waals surface area (Å²) in [6.45, 7) is 0.380. The molecule has 0 aliphatic carbocycles. The summed E-state index contributed by atoms with van der Waals surface area (Å²) >= 11 is 0. The molecule has 19 heavy (non-hydrogen) atoms. The van der Waals surface area contributed by atoms with Crippen LogP contribution in [-0.4, -0.2) is 11.1 Å². The van der Waals surface area contributed by atoms with Crippen molar-refractivity contribution in [3.63, 3.8) is 0 Å². The van der Waals surface area contributed by atoms with Crippen LogP contribution in [-0.2, 0) is 13.1 Å². The Kier molecular flexibility index (Phi) is 3.91. The molecule has 0 atom stereocenters. The first-order chi connectivity index (χ1) is 9.08. The Labute approximate surface area is 107 Å². The highest BCUT2D eigenvalue weighted by Crippen LogP contribution is 2.12. The van der Waals surface area contributed by atoms with Gasteiger partial charge in [0.15, 0.2) is 0 Å². The van der Waals surface area contributed by atoms with Crippen LogP contribution < -0.4 is 5.32 Å². The first-order valence-electron chi connectivity index (χ1n) is 5.52. The number of halogens is 2. The Morgan fingerprint density at radius 3 is 2.63 bits per heavy atom. The van der Waals surface area contributed by atoms with Gasteiger partial charge in [0.2, 0.25) is 5.76 Å². The van der Waals surface area contributed by atoms with Gasteiger partial charge in [-0.15, -0.1) is 0 Å². The molecular formula is C13H11F2NO3. The first kappa shape index (κ1) is 13.2. The maximum atomic E-state index is 13.3. The van der Waals surface area contributed by atoms with Gasteiger partial charge in [-0.2, -0.15) is 0 Å². The summed E-state index contributed by atoms with van der Waals surface area (Å²) in [6.07, 6.45) is 1.28. The smallest absolute Gasteiger partial charge is 0.372 e. The van der Waals surface area contributed by atoms with E-state index in [1.807, 2.05) is 0 Å². The molecule has 0 saturated heterocycles. The number of carboxylic acids is 1. The minimum absolute atomic E-state index is 0.146. The van der Waals surface area contributed by atoms with Crippen LogP contribution in [0.2, 0.25) is 0 Å². The van der Waals surface area contributed by atoms with Gasteiger partial charge in [0.25, 0.3) is 0 Å². The predicted molar refractivity (Wildman–Crippen MR) is 62.6 cm³/mol. The zero-order valence-electron chi connectivity index (χ0n) is 9.82. The van der Waals surface area contributed by atoms with Crippen molar-refractivity contribution in [1.29, 1.82) is 0 Å². The van der Waals surface area contributed by atoms with E-state index in [9.17, 15) is 13.6 Å². The summed E-state index contributed by atoms with van der Waals surface area (Å²) in [4.78, 5) is 10.8. The lowest BCUT2D eigenvalue weighted by Crippen LogP contribution is -2.15. The summed E-state index contributed by atoms with van der Waals surface area (Å²) in [7, 11) is 0. The van der Waals surface area contributed by atoms with E-state index >= 15 is 0 Å². The third kappa shape index (κ3) is 3.17. The monoisotopic (exact) mass is 267 g/mol. The van der Waals surface area contributed by atoms with Crippen LogP contribution in [0.5, 0.6) is 0 Å². The van der Waals surface area contributed by atoms with E-state index in [1.165, 1.54) is 24.5 Å². The van der Waals surface area contributed by atoms with E-state index < -0.39 is 17.6 Å². The molecule has 2 N–H and O–H groups in total. The lowest BCUT2D eigenvalue weighted by atomic mass is 10.2. The highest BCUT2D eigenvalue weighted by Gasteiger charge is 2.13. The molecule has 0 radical (unpaired) electrons. The summed E-state index contributed by atoms with van der Waals surface area (Å²) in [5.41, 5.74) is 0.775. The van der Waals surface area contributed by atoms with Crippen LogP contribution >= 0.6 is 0 Å². The maximum Gasteiger partial charge on any atom is 0.372 e. The second-order valence-electron chi connectivity index (χ2n) is 3.92. The van der Waals surface area contributed by atoms with Crippen molar-refractivity contribution < 1.29 is 23.1 Å². The average Bonchev–Trinajstić information content (AvgIpc) is 2.80. The second kappa shape index (κ2) is 5.62. The van der Waals surface area contributed by atoms with Crippen molar-refractivity contribution in [3.8, 4) is 0 Å². The van der Waals surface area contributed by atoms with Gasteiger partial charge in [-0.25, -0.2) is 13.6 Å². The molecule has 0 amide bonds. The molecule has 0 fully saturated rings. The Hall–Kier alpha value is -2.21. The lowest BCUT2D eigenvalue weighted by molar-refractivity contribution is 0.0660. The summed E-state index contributed by atoms with van der Waals surface area (Å²) in [5, 5.41) is 11.7. The standard InChI is InChI=1S/C13H11F2NO3/c14-10-2-1-8(11(15)5-10)6-16-7-9-3-4-19-12(9)13(17)18/h1-5,16H,6-7H2,(H,17,18). The number of hydrogen-bond acceptors (Lipinski definition) is 3. The van der Waals surface area contributed by atoms with Gasteiger partial charge in [0, 0.05) is 30.3 Å². The molecule has 0 unspecified atom stereocenters. The Morgan fingerprint density at radius 2 is 1.95 bits per heavy atom. The summed E-state index contributed by atoms with van der Waals surface area (Å²) in [5.74, 6) is -2.58. The summed E-state index contributed by atoms with van der Waals surface area (Å²) in [6, 6.07) is 4.83. The largest absolute Gasteiger partial charge is 0.475 e. The highest BCUT2D eigenvalue weighted by atomic mass is 19.1. The first-order valence-corrected chi connectivity index (χ1v) is 5.52. The van der Waals surface area contributed by atoms with E-state index in [4.69, 9.17) is 9.52 Å². The van der Waals surface area contributed by atoms with Gasteiger partial charge in [-0.1, -0.05) is 6.07 Å². The quantitative estimate of drug-likeness (QED) is 0.873. The van der Waals surface area contributed by atoms with E-state index in [0.29, 0.717) is 11.1 Å². The number of hydrogen-bond donors (Lipinski definition) is 2. The SMILES string of the molecule is O=C(O)c1occc1CNCc1ccc(F)cc1F.